The number of aliphatic carboxylic acids is 1. The van der Waals surface area contributed by atoms with Gasteiger partial charge in [0, 0.05) is 6.54 Å². The standard InChI is InChI=1S/C10H12FN3O4S/c11-7-4-12-10(13-5-7)14-1-2-19(17,18)6-8(14)3-9(15)16/h4-5,8H,1-3,6H2,(H,15,16). The van der Waals surface area contributed by atoms with Crippen molar-refractivity contribution in [2.24, 2.45) is 0 Å². The van der Waals surface area contributed by atoms with Gasteiger partial charge in [-0.25, -0.2) is 22.8 Å². The fraction of sp³-hybridized carbons (Fsp3) is 0.500. The lowest BCUT2D eigenvalue weighted by atomic mass is 10.2. The number of carboxylic acid groups (broad SMARTS) is 1. The Balaban J connectivity index is 2.26. The number of halogens is 1. The van der Waals surface area contributed by atoms with Gasteiger partial charge >= 0.3 is 5.97 Å². The zero-order valence-corrected chi connectivity index (χ0v) is 10.7. The van der Waals surface area contributed by atoms with E-state index in [-0.39, 0.29) is 30.4 Å². The van der Waals surface area contributed by atoms with Gasteiger partial charge < -0.3 is 10.0 Å². The SMILES string of the molecule is O=C(O)CC1CS(=O)(=O)CCN1c1ncc(F)cn1. The van der Waals surface area contributed by atoms with E-state index in [1.165, 1.54) is 4.90 Å². The maximum absolute atomic E-state index is 12.8. The van der Waals surface area contributed by atoms with Gasteiger partial charge in [-0.1, -0.05) is 0 Å². The number of carboxylic acids is 1. The Morgan fingerprint density at radius 3 is 2.68 bits per heavy atom. The molecule has 0 radical (unpaired) electrons. The average molecular weight is 289 g/mol. The lowest BCUT2D eigenvalue weighted by Crippen LogP contribution is -2.50. The zero-order chi connectivity index (χ0) is 14.0. The predicted octanol–water partition coefficient (Wildman–Crippen LogP) is -0.306. The van der Waals surface area contributed by atoms with Gasteiger partial charge in [-0.3, -0.25) is 4.79 Å². The van der Waals surface area contributed by atoms with Crippen molar-refractivity contribution in [2.45, 2.75) is 12.5 Å². The highest BCUT2D eigenvalue weighted by Gasteiger charge is 2.34. The molecule has 2 heterocycles. The molecule has 1 fully saturated rings. The first-order chi connectivity index (χ1) is 8.87. The Kier molecular flexibility index (Phi) is 3.65. The van der Waals surface area contributed by atoms with E-state index in [1.807, 2.05) is 0 Å². The number of sulfone groups is 1. The van der Waals surface area contributed by atoms with Crippen molar-refractivity contribution in [3.05, 3.63) is 18.2 Å². The highest BCUT2D eigenvalue weighted by Crippen LogP contribution is 2.19. The van der Waals surface area contributed by atoms with Gasteiger partial charge in [0.15, 0.2) is 15.7 Å². The van der Waals surface area contributed by atoms with Gasteiger partial charge in [-0.15, -0.1) is 0 Å². The lowest BCUT2D eigenvalue weighted by molar-refractivity contribution is -0.137. The van der Waals surface area contributed by atoms with E-state index in [0.717, 1.165) is 12.4 Å². The first-order valence-corrected chi connectivity index (χ1v) is 7.36. The minimum atomic E-state index is -3.26. The highest BCUT2D eigenvalue weighted by atomic mass is 32.2. The maximum Gasteiger partial charge on any atom is 0.305 e. The summed E-state index contributed by atoms with van der Waals surface area (Å²) in [5, 5.41) is 8.82. The van der Waals surface area contributed by atoms with Gasteiger partial charge in [0.1, 0.15) is 0 Å². The molecule has 1 aliphatic heterocycles. The van der Waals surface area contributed by atoms with Crippen molar-refractivity contribution < 1.29 is 22.7 Å². The van der Waals surface area contributed by atoms with E-state index < -0.39 is 27.7 Å². The van der Waals surface area contributed by atoms with Crippen LogP contribution in [0.1, 0.15) is 6.42 Å². The Morgan fingerprint density at radius 1 is 1.47 bits per heavy atom. The van der Waals surface area contributed by atoms with Gasteiger partial charge in [-0.05, 0) is 0 Å². The Labute approximate surface area is 109 Å². The van der Waals surface area contributed by atoms with Crippen molar-refractivity contribution in [3.8, 4) is 0 Å². The molecule has 0 spiro atoms. The van der Waals surface area contributed by atoms with Crippen LogP contribution < -0.4 is 4.90 Å². The number of hydrogen-bond donors (Lipinski definition) is 1. The first-order valence-electron chi connectivity index (χ1n) is 5.54. The van der Waals surface area contributed by atoms with Gasteiger partial charge in [0.2, 0.25) is 5.95 Å². The van der Waals surface area contributed by atoms with Crippen LogP contribution in [-0.2, 0) is 14.6 Å². The van der Waals surface area contributed by atoms with E-state index in [2.05, 4.69) is 9.97 Å². The Hall–Kier alpha value is -1.77. The van der Waals surface area contributed by atoms with Crippen LogP contribution in [0.25, 0.3) is 0 Å². The number of nitrogens with zero attached hydrogens (tertiary/aromatic N) is 3. The lowest BCUT2D eigenvalue weighted by Gasteiger charge is -2.34. The van der Waals surface area contributed by atoms with Crippen LogP contribution in [0, 0.1) is 5.82 Å². The van der Waals surface area contributed by atoms with Crippen LogP contribution in [0.15, 0.2) is 12.4 Å². The molecule has 1 aromatic heterocycles. The van der Waals surface area contributed by atoms with Crippen molar-refractivity contribution in [1.29, 1.82) is 0 Å². The highest BCUT2D eigenvalue weighted by molar-refractivity contribution is 7.91. The van der Waals surface area contributed by atoms with Gasteiger partial charge in [-0.2, -0.15) is 0 Å². The molecule has 1 saturated heterocycles. The molecular weight excluding hydrogens is 277 g/mol. The molecule has 0 saturated carbocycles. The number of hydrogen-bond acceptors (Lipinski definition) is 6. The summed E-state index contributed by atoms with van der Waals surface area (Å²) < 4.78 is 35.9. The van der Waals surface area contributed by atoms with Crippen LogP contribution >= 0.6 is 0 Å². The monoisotopic (exact) mass is 289 g/mol. The molecular formula is C10H12FN3O4S. The largest absolute Gasteiger partial charge is 0.481 e. The van der Waals surface area contributed by atoms with Crippen molar-refractivity contribution >= 4 is 21.8 Å². The van der Waals surface area contributed by atoms with Crippen molar-refractivity contribution in [3.63, 3.8) is 0 Å². The first kappa shape index (κ1) is 13.7. The molecule has 1 atom stereocenters. The minimum Gasteiger partial charge on any atom is -0.481 e. The summed E-state index contributed by atoms with van der Waals surface area (Å²) in [6, 6.07) is -0.735. The zero-order valence-electron chi connectivity index (χ0n) is 9.86. The average Bonchev–Trinajstić information content (AvgIpc) is 2.29. The van der Waals surface area contributed by atoms with Crippen LogP contribution in [0.4, 0.5) is 10.3 Å². The molecule has 1 aliphatic rings. The Bertz CT molecular complexity index is 575. The molecule has 1 N–H and O–H groups in total. The van der Waals surface area contributed by atoms with Crippen LogP contribution in [0.2, 0.25) is 0 Å². The predicted molar refractivity (Wildman–Crippen MR) is 64.0 cm³/mol. The summed E-state index contributed by atoms with van der Waals surface area (Å²) in [5.74, 6) is -1.93. The minimum absolute atomic E-state index is 0.0934. The maximum atomic E-state index is 12.8. The molecule has 2 rings (SSSR count). The summed E-state index contributed by atoms with van der Waals surface area (Å²) >= 11 is 0. The normalized spacial score (nSPS) is 22.2. The topological polar surface area (TPSA) is 100 Å². The fourth-order valence-electron chi connectivity index (χ4n) is 1.97. The molecule has 19 heavy (non-hydrogen) atoms. The summed E-state index contributed by atoms with van der Waals surface area (Å²) in [7, 11) is -3.26. The summed E-state index contributed by atoms with van der Waals surface area (Å²) in [6.45, 7) is 0.103. The second-order valence-corrected chi connectivity index (χ2v) is 6.49. The third-order valence-electron chi connectivity index (χ3n) is 2.80. The number of rotatable bonds is 3. The molecule has 9 heteroatoms. The molecule has 0 aromatic carbocycles. The molecule has 0 bridgehead atoms. The second-order valence-electron chi connectivity index (χ2n) is 4.26. The molecule has 0 amide bonds. The van der Waals surface area contributed by atoms with Gasteiger partial charge in [0.25, 0.3) is 0 Å². The number of anilines is 1. The summed E-state index contributed by atoms with van der Waals surface area (Å²) in [5.41, 5.74) is 0. The van der Waals surface area contributed by atoms with Crippen molar-refractivity contribution in [1.82, 2.24) is 9.97 Å². The Morgan fingerprint density at radius 2 is 2.11 bits per heavy atom. The van der Waals surface area contributed by atoms with E-state index in [9.17, 15) is 17.6 Å². The molecule has 1 aromatic rings. The quantitative estimate of drug-likeness (QED) is 0.814. The second kappa shape index (κ2) is 5.08. The fourth-order valence-corrected chi connectivity index (χ4v) is 3.50. The third-order valence-corrected chi connectivity index (χ3v) is 4.50. The third kappa shape index (κ3) is 3.37. The van der Waals surface area contributed by atoms with E-state index >= 15 is 0 Å². The number of carbonyl (C=O) groups is 1. The smallest absolute Gasteiger partial charge is 0.305 e. The molecule has 1 unspecified atom stereocenters. The van der Waals surface area contributed by atoms with E-state index in [0.29, 0.717) is 0 Å². The van der Waals surface area contributed by atoms with Crippen molar-refractivity contribution in [2.75, 3.05) is 23.0 Å². The van der Waals surface area contributed by atoms with E-state index in [1.54, 1.807) is 0 Å². The number of aromatic nitrogens is 2. The molecule has 0 aliphatic carbocycles. The van der Waals surface area contributed by atoms with Gasteiger partial charge in [0.05, 0.1) is 36.4 Å². The van der Waals surface area contributed by atoms with Crippen LogP contribution in [0.5, 0.6) is 0 Å². The molecule has 104 valence electrons. The summed E-state index contributed by atoms with van der Waals surface area (Å²) in [4.78, 5) is 19.8. The van der Waals surface area contributed by atoms with Crippen LogP contribution in [0.3, 0.4) is 0 Å². The molecule has 7 nitrogen and oxygen atoms in total. The van der Waals surface area contributed by atoms with Crippen LogP contribution in [-0.4, -0.2) is 53.6 Å². The van der Waals surface area contributed by atoms with E-state index in [4.69, 9.17) is 5.11 Å². The summed E-state index contributed by atoms with van der Waals surface area (Å²) in [6.07, 6.45) is 1.59.